The largest absolute Gasteiger partial charge is 0.311 e. The van der Waals surface area contributed by atoms with Crippen LogP contribution in [0.15, 0.2) is 24.5 Å². The average molecular weight is 291 g/mol. The van der Waals surface area contributed by atoms with Gasteiger partial charge in [-0.15, -0.1) is 0 Å². The van der Waals surface area contributed by atoms with Crippen LogP contribution in [0.5, 0.6) is 0 Å². The summed E-state index contributed by atoms with van der Waals surface area (Å²) in [5, 5.41) is 3.66. The summed E-state index contributed by atoms with van der Waals surface area (Å²) in [6.45, 7) is 14.7. The van der Waals surface area contributed by atoms with Crippen LogP contribution in [0.1, 0.15) is 46.6 Å². The van der Waals surface area contributed by atoms with Crippen molar-refractivity contribution in [3.8, 4) is 0 Å². The van der Waals surface area contributed by atoms with Crippen LogP contribution in [-0.4, -0.2) is 42.1 Å². The predicted molar refractivity (Wildman–Crippen MR) is 91.6 cm³/mol. The Morgan fingerprint density at radius 3 is 2.29 bits per heavy atom. The standard InChI is InChI=1S/C18H33N3/c1-7-18(5,14-20-17(2,3)4)15-21(6)13-10-16-8-11-19-12-9-16/h8-9,11-12,20H,7,10,13-15H2,1-6H3. The molecule has 0 bridgehead atoms. The number of pyridine rings is 1. The fourth-order valence-electron chi connectivity index (χ4n) is 2.37. The minimum Gasteiger partial charge on any atom is -0.311 e. The molecule has 0 saturated heterocycles. The molecule has 1 unspecified atom stereocenters. The molecular weight excluding hydrogens is 258 g/mol. The third-order valence-corrected chi connectivity index (χ3v) is 4.08. The minimum atomic E-state index is 0.187. The maximum absolute atomic E-state index is 4.07. The molecule has 1 rings (SSSR count). The molecule has 0 saturated carbocycles. The van der Waals surface area contributed by atoms with Crippen molar-refractivity contribution in [1.82, 2.24) is 15.2 Å². The lowest BCUT2D eigenvalue weighted by Crippen LogP contribution is -2.47. The van der Waals surface area contributed by atoms with Gasteiger partial charge in [0, 0.05) is 37.6 Å². The summed E-state index contributed by atoms with van der Waals surface area (Å²) in [5.41, 5.74) is 1.87. The van der Waals surface area contributed by atoms with Gasteiger partial charge in [0.1, 0.15) is 0 Å². The molecule has 120 valence electrons. The first-order valence-corrected chi connectivity index (χ1v) is 8.06. The van der Waals surface area contributed by atoms with E-state index in [9.17, 15) is 0 Å². The number of hydrogen-bond acceptors (Lipinski definition) is 3. The van der Waals surface area contributed by atoms with Crippen molar-refractivity contribution < 1.29 is 0 Å². The Balaban J connectivity index is 2.44. The molecule has 0 aromatic carbocycles. The number of rotatable bonds is 8. The smallest absolute Gasteiger partial charge is 0.0270 e. The van der Waals surface area contributed by atoms with E-state index in [2.05, 4.69) is 69.0 Å². The molecule has 3 nitrogen and oxygen atoms in total. The van der Waals surface area contributed by atoms with Gasteiger partial charge in [-0.25, -0.2) is 0 Å². The second-order valence-corrected chi connectivity index (χ2v) is 7.61. The molecule has 0 aliphatic rings. The summed E-state index contributed by atoms with van der Waals surface area (Å²) in [6, 6.07) is 4.21. The van der Waals surface area contributed by atoms with Gasteiger partial charge in [0.25, 0.3) is 0 Å². The summed E-state index contributed by atoms with van der Waals surface area (Å²) in [7, 11) is 2.23. The summed E-state index contributed by atoms with van der Waals surface area (Å²) < 4.78 is 0. The number of aromatic nitrogens is 1. The van der Waals surface area contributed by atoms with Gasteiger partial charge in [-0.05, 0) is 63.8 Å². The van der Waals surface area contributed by atoms with E-state index in [1.165, 1.54) is 12.0 Å². The summed E-state index contributed by atoms with van der Waals surface area (Å²) in [4.78, 5) is 6.52. The first-order chi connectivity index (χ1) is 9.74. The highest BCUT2D eigenvalue weighted by Gasteiger charge is 2.25. The Kier molecular flexibility index (Phi) is 6.82. The fraction of sp³-hybridized carbons (Fsp3) is 0.722. The number of nitrogens with zero attached hydrogens (tertiary/aromatic N) is 2. The molecule has 0 spiro atoms. The molecule has 3 heteroatoms. The van der Waals surface area contributed by atoms with Crippen molar-refractivity contribution >= 4 is 0 Å². The lowest BCUT2D eigenvalue weighted by atomic mass is 9.86. The Morgan fingerprint density at radius 2 is 1.76 bits per heavy atom. The Bertz CT molecular complexity index is 397. The van der Waals surface area contributed by atoms with E-state index in [-0.39, 0.29) is 5.54 Å². The predicted octanol–water partition coefficient (Wildman–Crippen LogP) is 3.36. The zero-order valence-corrected chi connectivity index (χ0v) is 14.7. The zero-order valence-electron chi connectivity index (χ0n) is 14.7. The van der Waals surface area contributed by atoms with Gasteiger partial charge in [0.15, 0.2) is 0 Å². The lowest BCUT2D eigenvalue weighted by molar-refractivity contribution is 0.169. The Morgan fingerprint density at radius 1 is 1.14 bits per heavy atom. The van der Waals surface area contributed by atoms with Crippen molar-refractivity contribution in [3.05, 3.63) is 30.1 Å². The van der Waals surface area contributed by atoms with Crippen molar-refractivity contribution in [2.45, 2.75) is 53.0 Å². The number of hydrogen-bond donors (Lipinski definition) is 1. The highest BCUT2D eigenvalue weighted by Crippen LogP contribution is 2.22. The molecule has 1 atom stereocenters. The molecule has 1 aromatic heterocycles. The van der Waals surface area contributed by atoms with E-state index in [1.807, 2.05) is 12.4 Å². The van der Waals surface area contributed by atoms with Crippen molar-refractivity contribution in [3.63, 3.8) is 0 Å². The molecule has 0 radical (unpaired) electrons. The molecule has 0 aliphatic heterocycles. The topological polar surface area (TPSA) is 28.2 Å². The van der Waals surface area contributed by atoms with E-state index in [1.54, 1.807) is 0 Å². The molecule has 1 N–H and O–H groups in total. The molecule has 1 heterocycles. The van der Waals surface area contributed by atoms with Crippen LogP contribution >= 0.6 is 0 Å². The van der Waals surface area contributed by atoms with E-state index in [0.29, 0.717) is 5.41 Å². The zero-order chi connectivity index (χ0) is 15.9. The monoisotopic (exact) mass is 291 g/mol. The first kappa shape index (κ1) is 18.1. The van der Waals surface area contributed by atoms with Crippen LogP contribution in [0.25, 0.3) is 0 Å². The summed E-state index contributed by atoms with van der Waals surface area (Å²) in [6.07, 6.45) is 6.03. The average Bonchev–Trinajstić information content (AvgIpc) is 2.43. The highest BCUT2D eigenvalue weighted by molar-refractivity contribution is 5.09. The second-order valence-electron chi connectivity index (χ2n) is 7.61. The number of nitrogens with one attached hydrogen (secondary N) is 1. The van der Waals surface area contributed by atoms with E-state index >= 15 is 0 Å². The van der Waals surface area contributed by atoms with Crippen LogP contribution in [0.4, 0.5) is 0 Å². The van der Waals surface area contributed by atoms with E-state index < -0.39 is 0 Å². The molecule has 0 amide bonds. The van der Waals surface area contributed by atoms with Gasteiger partial charge < -0.3 is 10.2 Å². The first-order valence-electron chi connectivity index (χ1n) is 8.06. The molecule has 21 heavy (non-hydrogen) atoms. The number of likely N-dealkylation sites (N-methyl/N-ethyl adjacent to an activating group) is 1. The van der Waals surface area contributed by atoms with Crippen LogP contribution in [-0.2, 0) is 6.42 Å². The van der Waals surface area contributed by atoms with Crippen molar-refractivity contribution in [2.75, 3.05) is 26.7 Å². The maximum atomic E-state index is 4.07. The molecule has 0 aliphatic carbocycles. The van der Waals surface area contributed by atoms with Crippen molar-refractivity contribution in [2.24, 2.45) is 5.41 Å². The van der Waals surface area contributed by atoms with Crippen LogP contribution in [0.2, 0.25) is 0 Å². The highest BCUT2D eigenvalue weighted by atomic mass is 15.1. The molecule has 1 aromatic rings. The second kappa shape index (κ2) is 7.90. The quantitative estimate of drug-likeness (QED) is 0.796. The van der Waals surface area contributed by atoms with Crippen molar-refractivity contribution in [1.29, 1.82) is 0 Å². The Labute approximate surface area is 131 Å². The van der Waals surface area contributed by atoms with Gasteiger partial charge in [-0.1, -0.05) is 13.8 Å². The van der Waals surface area contributed by atoms with Gasteiger partial charge in [0.2, 0.25) is 0 Å². The SMILES string of the molecule is CCC(C)(CNC(C)(C)C)CN(C)CCc1ccncc1. The van der Waals surface area contributed by atoms with Gasteiger partial charge in [-0.2, -0.15) is 0 Å². The Hall–Kier alpha value is -0.930. The van der Waals surface area contributed by atoms with E-state index in [0.717, 1.165) is 26.1 Å². The van der Waals surface area contributed by atoms with Crippen LogP contribution in [0, 0.1) is 5.41 Å². The van der Waals surface area contributed by atoms with Crippen LogP contribution < -0.4 is 5.32 Å². The van der Waals surface area contributed by atoms with Gasteiger partial charge in [0.05, 0.1) is 0 Å². The van der Waals surface area contributed by atoms with Gasteiger partial charge in [-0.3, -0.25) is 4.98 Å². The normalized spacial score (nSPS) is 15.2. The van der Waals surface area contributed by atoms with Crippen LogP contribution in [0.3, 0.4) is 0 Å². The maximum Gasteiger partial charge on any atom is 0.0270 e. The minimum absolute atomic E-state index is 0.187. The lowest BCUT2D eigenvalue weighted by Gasteiger charge is -2.36. The van der Waals surface area contributed by atoms with E-state index in [4.69, 9.17) is 0 Å². The third kappa shape index (κ3) is 7.58. The van der Waals surface area contributed by atoms with Gasteiger partial charge >= 0.3 is 0 Å². The summed E-state index contributed by atoms with van der Waals surface area (Å²) in [5.74, 6) is 0. The molecular formula is C18H33N3. The summed E-state index contributed by atoms with van der Waals surface area (Å²) >= 11 is 0. The third-order valence-electron chi connectivity index (χ3n) is 4.08. The molecule has 0 fully saturated rings. The fourth-order valence-corrected chi connectivity index (χ4v) is 2.37.